The van der Waals surface area contributed by atoms with Gasteiger partial charge in [0.2, 0.25) is 0 Å². The molecular formula is C15H26N2. The molecule has 0 amide bonds. The summed E-state index contributed by atoms with van der Waals surface area (Å²) in [7, 11) is 0. The van der Waals surface area contributed by atoms with E-state index < -0.39 is 0 Å². The van der Waals surface area contributed by atoms with E-state index in [1.807, 2.05) is 6.20 Å². The second-order valence-electron chi connectivity index (χ2n) is 5.35. The van der Waals surface area contributed by atoms with Crippen LogP contribution in [0.15, 0.2) is 12.3 Å². The first-order valence-corrected chi connectivity index (χ1v) is 6.71. The summed E-state index contributed by atoms with van der Waals surface area (Å²) >= 11 is 0. The molecule has 1 atom stereocenters. The Kier molecular flexibility index (Phi) is 5.63. The quantitative estimate of drug-likeness (QED) is 0.810. The van der Waals surface area contributed by atoms with Crippen LogP contribution in [0.4, 0.5) is 0 Å². The molecular weight excluding hydrogens is 208 g/mol. The fourth-order valence-electron chi connectivity index (χ4n) is 2.17. The molecule has 0 aromatic carbocycles. The zero-order chi connectivity index (χ0) is 12.8. The second kappa shape index (κ2) is 6.75. The maximum Gasteiger partial charge on any atom is 0.0602 e. The maximum absolute atomic E-state index is 4.62. The summed E-state index contributed by atoms with van der Waals surface area (Å²) in [5, 5.41) is 3.61. The molecule has 0 aliphatic heterocycles. The highest BCUT2D eigenvalue weighted by molar-refractivity contribution is 5.25. The molecule has 96 valence electrons. The van der Waals surface area contributed by atoms with E-state index in [9.17, 15) is 0 Å². The molecule has 2 heteroatoms. The van der Waals surface area contributed by atoms with Gasteiger partial charge in [0, 0.05) is 12.2 Å². The number of nitrogens with one attached hydrogen (secondary N) is 1. The van der Waals surface area contributed by atoms with Gasteiger partial charge in [-0.1, -0.05) is 26.8 Å². The van der Waals surface area contributed by atoms with Crippen LogP contribution in [0.2, 0.25) is 0 Å². The summed E-state index contributed by atoms with van der Waals surface area (Å²) in [4.78, 5) is 4.62. The average Bonchev–Trinajstić information content (AvgIpc) is 2.24. The summed E-state index contributed by atoms with van der Waals surface area (Å²) < 4.78 is 0. The minimum absolute atomic E-state index is 0.399. The molecule has 1 N–H and O–H groups in total. The molecule has 1 heterocycles. The van der Waals surface area contributed by atoms with Crippen LogP contribution < -0.4 is 5.32 Å². The van der Waals surface area contributed by atoms with Gasteiger partial charge in [-0.25, -0.2) is 0 Å². The van der Waals surface area contributed by atoms with Crippen LogP contribution in [-0.2, 0) is 0 Å². The summed E-state index contributed by atoms with van der Waals surface area (Å²) in [6.07, 6.45) is 4.29. The first kappa shape index (κ1) is 14.2. The van der Waals surface area contributed by atoms with E-state index in [-0.39, 0.29) is 0 Å². The molecule has 0 fully saturated rings. The molecule has 0 saturated carbocycles. The summed E-state index contributed by atoms with van der Waals surface area (Å²) in [5.41, 5.74) is 3.77. The van der Waals surface area contributed by atoms with Crippen molar-refractivity contribution in [1.29, 1.82) is 0 Å². The first-order valence-electron chi connectivity index (χ1n) is 6.71. The van der Waals surface area contributed by atoms with Crippen LogP contribution in [0.5, 0.6) is 0 Å². The molecule has 1 aromatic rings. The lowest BCUT2D eigenvalue weighted by atomic mass is 9.97. The number of aryl methyl sites for hydroxylation is 2. The van der Waals surface area contributed by atoms with Crippen molar-refractivity contribution in [3.63, 3.8) is 0 Å². The van der Waals surface area contributed by atoms with Crippen molar-refractivity contribution >= 4 is 0 Å². The highest BCUT2D eigenvalue weighted by atomic mass is 14.9. The van der Waals surface area contributed by atoms with Gasteiger partial charge in [0.15, 0.2) is 0 Å². The topological polar surface area (TPSA) is 24.9 Å². The Labute approximate surface area is 106 Å². The van der Waals surface area contributed by atoms with Crippen molar-refractivity contribution in [3.05, 3.63) is 29.1 Å². The summed E-state index contributed by atoms with van der Waals surface area (Å²) in [5.74, 6) is 0.687. The largest absolute Gasteiger partial charge is 0.309 e. The standard InChI is InChI=1S/C15H26N2/c1-6-7-16-14(8-11(2)3)15-13(5)9-12(4)10-17-15/h9-11,14,16H,6-8H2,1-5H3. The van der Waals surface area contributed by atoms with Crippen LogP contribution in [-0.4, -0.2) is 11.5 Å². The molecule has 0 saturated heterocycles. The molecule has 0 aliphatic carbocycles. The molecule has 0 spiro atoms. The smallest absolute Gasteiger partial charge is 0.0602 e. The van der Waals surface area contributed by atoms with Crippen LogP contribution in [0.3, 0.4) is 0 Å². The van der Waals surface area contributed by atoms with Gasteiger partial charge in [0.05, 0.1) is 5.69 Å². The zero-order valence-corrected chi connectivity index (χ0v) is 11.9. The molecule has 1 rings (SSSR count). The number of hydrogen-bond donors (Lipinski definition) is 1. The number of nitrogens with zero attached hydrogens (tertiary/aromatic N) is 1. The Morgan fingerprint density at radius 3 is 2.53 bits per heavy atom. The third-order valence-electron chi connectivity index (χ3n) is 2.93. The third-order valence-corrected chi connectivity index (χ3v) is 2.93. The van der Waals surface area contributed by atoms with E-state index in [1.54, 1.807) is 0 Å². The van der Waals surface area contributed by atoms with Crippen LogP contribution in [0.1, 0.15) is 56.5 Å². The van der Waals surface area contributed by atoms with Crippen LogP contribution >= 0.6 is 0 Å². The Balaban J connectivity index is 2.86. The molecule has 0 radical (unpaired) electrons. The molecule has 17 heavy (non-hydrogen) atoms. The van der Waals surface area contributed by atoms with Gasteiger partial charge < -0.3 is 5.32 Å². The highest BCUT2D eigenvalue weighted by Crippen LogP contribution is 2.22. The van der Waals surface area contributed by atoms with Gasteiger partial charge in [-0.2, -0.15) is 0 Å². The van der Waals surface area contributed by atoms with Gasteiger partial charge >= 0.3 is 0 Å². The number of hydrogen-bond acceptors (Lipinski definition) is 2. The fraction of sp³-hybridized carbons (Fsp3) is 0.667. The van der Waals surface area contributed by atoms with Crippen molar-refractivity contribution in [2.75, 3.05) is 6.54 Å². The van der Waals surface area contributed by atoms with Crippen molar-refractivity contribution in [3.8, 4) is 0 Å². The first-order chi connectivity index (χ1) is 8.04. The van der Waals surface area contributed by atoms with E-state index in [4.69, 9.17) is 0 Å². The summed E-state index contributed by atoms with van der Waals surface area (Å²) in [6, 6.07) is 2.62. The Morgan fingerprint density at radius 2 is 2.00 bits per heavy atom. The monoisotopic (exact) mass is 234 g/mol. The normalized spacial score (nSPS) is 13.1. The Morgan fingerprint density at radius 1 is 1.29 bits per heavy atom. The Hall–Kier alpha value is -0.890. The van der Waals surface area contributed by atoms with Gasteiger partial charge in [-0.15, -0.1) is 0 Å². The molecule has 2 nitrogen and oxygen atoms in total. The van der Waals surface area contributed by atoms with Crippen molar-refractivity contribution < 1.29 is 0 Å². The molecule has 1 aromatic heterocycles. The maximum atomic E-state index is 4.62. The van der Waals surface area contributed by atoms with Gasteiger partial charge in [-0.05, 0) is 50.3 Å². The predicted octanol–water partition coefficient (Wildman–Crippen LogP) is 3.79. The number of pyridine rings is 1. The number of rotatable bonds is 6. The minimum Gasteiger partial charge on any atom is -0.309 e. The van der Waals surface area contributed by atoms with E-state index in [0.29, 0.717) is 12.0 Å². The summed E-state index contributed by atoms with van der Waals surface area (Å²) in [6.45, 7) is 12.1. The van der Waals surface area contributed by atoms with Crippen LogP contribution in [0.25, 0.3) is 0 Å². The van der Waals surface area contributed by atoms with Gasteiger partial charge in [0.1, 0.15) is 0 Å². The van der Waals surface area contributed by atoms with Crippen molar-refractivity contribution in [2.24, 2.45) is 5.92 Å². The zero-order valence-electron chi connectivity index (χ0n) is 11.9. The van der Waals surface area contributed by atoms with E-state index in [2.05, 4.69) is 51.0 Å². The second-order valence-corrected chi connectivity index (χ2v) is 5.35. The minimum atomic E-state index is 0.399. The predicted molar refractivity (Wildman–Crippen MR) is 74.2 cm³/mol. The van der Waals surface area contributed by atoms with Crippen molar-refractivity contribution in [1.82, 2.24) is 10.3 Å². The lowest BCUT2D eigenvalue weighted by molar-refractivity contribution is 0.421. The highest BCUT2D eigenvalue weighted by Gasteiger charge is 2.15. The van der Waals surface area contributed by atoms with E-state index in [0.717, 1.165) is 13.0 Å². The average molecular weight is 234 g/mol. The van der Waals surface area contributed by atoms with Gasteiger partial charge in [-0.3, -0.25) is 4.98 Å². The Bertz CT molecular complexity index is 345. The lowest BCUT2D eigenvalue weighted by Gasteiger charge is -2.21. The third kappa shape index (κ3) is 4.47. The van der Waals surface area contributed by atoms with Gasteiger partial charge in [0.25, 0.3) is 0 Å². The van der Waals surface area contributed by atoms with E-state index >= 15 is 0 Å². The van der Waals surface area contributed by atoms with Crippen molar-refractivity contribution in [2.45, 2.75) is 53.5 Å². The molecule has 1 unspecified atom stereocenters. The molecule has 0 aliphatic rings. The SMILES string of the molecule is CCCNC(CC(C)C)c1ncc(C)cc1C. The molecule has 0 bridgehead atoms. The van der Waals surface area contributed by atoms with E-state index in [1.165, 1.54) is 23.2 Å². The number of aromatic nitrogens is 1. The lowest BCUT2D eigenvalue weighted by Crippen LogP contribution is -2.25. The van der Waals surface area contributed by atoms with Crippen LogP contribution in [0, 0.1) is 19.8 Å². The fourth-order valence-corrected chi connectivity index (χ4v) is 2.17.